The molecule has 3 heteroatoms. The predicted octanol–water partition coefficient (Wildman–Crippen LogP) is 4.34. The van der Waals surface area contributed by atoms with Crippen molar-refractivity contribution in [3.63, 3.8) is 0 Å². The standard InChI is InChI=1S/C19H43N3/c20-16-13-11-9-7-5-3-1-2-4-6-8-10-12-14-18-22-19-15-17-21/h22H,1-21H2. The van der Waals surface area contributed by atoms with Gasteiger partial charge in [0.1, 0.15) is 0 Å². The minimum Gasteiger partial charge on any atom is -0.330 e. The number of nitrogens with two attached hydrogens (primary N) is 2. The Morgan fingerprint density at radius 3 is 1.09 bits per heavy atom. The summed E-state index contributed by atoms with van der Waals surface area (Å²) in [5, 5.41) is 3.45. The van der Waals surface area contributed by atoms with Gasteiger partial charge in [-0.2, -0.15) is 0 Å². The maximum Gasteiger partial charge on any atom is -0.00369 e. The fourth-order valence-corrected chi connectivity index (χ4v) is 2.87. The highest BCUT2D eigenvalue weighted by Crippen LogP contribution is 2.12. The molecule has 0 aromatic carbocycles. The zero-order chi connectivity index (χ0) is 16.1. The van der Waals surface area contributed by atoms with E-state index >= 15 is 0 Å². The first-order chi connectivity index (χ1) is 10.9. The van der Waals surface area contributed by atoms with Crippen LogP contribution in [0.3, 0.4) is 0 Å². The van der Waals surface area contributed by atoms with Crippen molar-refractivity contribution in [3.8, 4) is 0 Å². The van der Waals surface area contributed by atoms with E-state index in [-0.39, 0.29) is 0 Å². The fraction of sp³-hybridized carbons (Fsp3) is 1.00. The summed E-state index contributed by atoms with van der Waals surface area (Å²) in [6, 6.07) is 0. The normalized spacial score (nSPS) is 11.2. The molecule has 0 aliphatic rings. The molecule has 0 rings (SSSR count). The van der Waals surface area contributed by atoms with E-state index in [0.717, 1.165) is 26.1 Å². The van der Waals surface area contributed by atoms with Crippen molar-refractivity contribution in [1.82, 2.24) is 5.32 Å². The van der Waals surface area contributed by atoms with E-state index in [1.165, 1.54) is 96.4 Å². The third-order valence-corrected chi connectivity index (χ3v) is 4.37. The highest BCUT2D eigenvalue weighted by molar-refractivity contribution is 4.52. The van der Waals surface area contributed by atoms with Crippen molar-refractivity contribution < 1.29 is 0 Å². The molecule has 0 amide bonds. The van der Waals surface area contributed by atoms with Crippen molar-refractivity contribution in [2.24, 2.45) is 11.5 Å². The Hall–Kier alpha value is -0.120. The van der Waals surface area contributed by atoms with Gasteiger partial charge in [0.2, 0.25) is 0 Å². The predicted molar refractivity (Wildman–Crippen MR) is 100 cm³/mol. The van der Waals surface area contributed by atoms with Crippen molar-refractivity contribution in [2.75, 3.05) is 26.2 Å². The summed E-state index contributed by atoms with van der Waals surface area (Å²) < 4.78 is 0. The minimum atomic E-state index is 0.807. The Bertz CT molecular complexity index is 166. The molecule has 22 heavy (non-hydrogen) atoms. The van der Waals surface area contributed by atoms with Crippen LogP contribution in [0.15, 0.2) is 0 Å². The molecule has 0 aromatic rings. The molecule has 0 heterocycles. The van der Waals surface area contributed by atoms with E-state index in [1.54, 1.807) is 0 Å². The Labute approximate surface area is 140 Å². The van der Waals surface area contributed by atoms with E-state index in [0.29, 0.717) is 0 Å². The molecule has 0 spiro atoms. The minimum absolute atomic E-state index is 0.807. The Morgan fingerprint density at radius 2 is 0.682 bits per heavy atom. The maximum atomic E-state index is 5.49. The van der Waals surface area contributed by atoms with Crippen LogP contribution in [0.25, 0.3) is 0 Å². The van der Waals surface area contributed by atoms with Crippen LogP contribution in [0.2, 0.25) is 0 Å². The van der Waals surface area contributed by atoms with Crippen LogP contribution in [0.1, 0.15) is 96.3 Å². The Morgan fingerprint density at radius 1 is 0.364 bits per heavy atom. The topological polar surface area (TPSA) is 64.1 Å². The quantitative estimate of drug-likeness (QED) is 0.311. The second kappa shape index (κ2) is 20.9. The fourth-order valence-electron chi connectivity index (χ4n) is 2.87. The van der Waals surface area contributed by atoms with Crippen molar-refractivity contribution in [2.45, 2.75) is 96.3 Å². The lowest BCUT2D eigenvalue weighted by atomic mass is 10.0. The Balaban J connectivity index is 2.91. The van der Waals surface area contributed by atoms with Crippen LogP contribution in [0.5, 0.6) is 0 Å². The molecule has 0 aliphatic carbocycles. The summed E-state index contributed by atoms with van der Waals surface area (Å²) in [7, 11) is 0. The summed E-state index contributed by atoms with van der Waals surface area (Å²) >= 11 is 0. The van der Waals surface area contributed by atoms with Gasteiger partial charge in [-0.05, 0) is 45.4 Å². The lowest BCUT2D eigenvalue weighted by Gasteiger charge is -2.04. The molecule has 0 saturated heterocycles. The lowest BCUT2D eigenvalue weighted by molar-refractivity contribution is 0.527. The molecule has 0 atom stereocenters. The monoisotopic (exact) mass is 313 g/mol. The van der Waals surface area contributed by atoms with Crippen LogP contribution < -0.4 is 16.8 Å². The van der Waals surface area contributed by atoms with Gasteiger partial charge in [0.25, 0.3) is 0 Å². The van der Waals surface area contributed by atoms with Gasteiger partial charge in [0.05, 0.1) is 0 Å². The summed E-state index contributed by atoms with van der Waals surface area (Å²) in [4.78, 5) is 0. The van der Waals surface area contributed by atoms with Crippen LogP contribution in [0.4, 0.5) is 0 Å². The molecular weight excluding hydrogens is 270 g/mol. The van der Waals surface area contributed by atoms with Gasteiger partial charge in [0, 0.05) is 0 Å². The van der Waals surface area contributed by atoms with Crippen LogP contribution in [-0.4, -0.2) is 26.2 Å². The third kappa shape index (κ3) is 19.9. The zero-order valence-electron chi connectivity index (χ0n) is 15.1. The van der Waals surface area contributed by atoms with Gasteiger partial charge in [0.15, 0.2) is 0 Å². The number of hydrogen-bond donors (Lipinski definition) is 3. The van der Waals surface area contributed by atoms with Crippen molar-refractivity contribution >= 4 is 0 Å². The van der Waals surface area contributed by atoms with E-state index < -0.39 is 0 Å². The molecule has 0 radical (unpaired) electrons. The molecule has 0 bridgehead atoms. The molecule has 0 fully saturated rings. The van der Waals surface area contributed by atoms with Gasteiger partial charge in [-0.25, -0.2) is 0 Å². The largest absolute Gasteiger partial charge is 0.330 e. The molecule has 134 valence electrons. The van der Waals surface area contributed by atoms with E-state index in [1.807, 2.05) is 0 Å². The van der Waals surface area contributed by atoms with Gasteiger partial charge >= 0.3 is 0 Å². The second-order valence-electron chi connectivity index (χ2n) is 6.63. The van der Waals surface area contributed by atoms with Gasteiger partial charge < -0.3 is 16.8 Å². The van der Waals surface area contributed by atoms with Crippen LogP contribution in [0, 0.1) is 0 Å². The maximum absolute atomic E-state index is 5.49. The highest BCUT2D eigenvalue weighted by atomic mass is 14.8. The van der Waals surface area contributed by atoms with Crippen LogP contribution in [-0.2, 0) is 0 Å². The molecular formula is C19H43N3. The first kappa shape index (κ1) is 21.9. The summed E-state index contributed by atoms with van der Waals surface area (Å²) in [6.07, 6.45) is 20.7. The lowest BCUT2D eigenvalue weighted by Crippen LogP contribution is -2.19. The molecule has 0 aromatic heterocycles. The molecule has 0 unspecified atom stereocenters. The summed E-state index contributed by atoms with van der Waals surface area (Å²) in [5.41, 5.74) is 10.9. The van der Waals surface area contributed by atoms with Gasteiger partial charge in [-0.1, -0.05) is 77.0 Å². The van der Waals surface area contributed by atoms with Crippen LogP contribution >= 0.6 is 0 Å². The first-order valence-electron chi connectivity index (χ1n) is 10.0. The van der Waals surface area contributed by atoms with Gasteiger partial charge in [-0.3, -0.25) is 0 Å². The molecule has 5 N–H and O–H groups in total. The average molecular weight is 314 g/mol. The SMILES string of the molecule is NCCCCCCCCCCCCCCCCNCCCN. The van der Waals surface area contributed by atoms with E-state index in [2.05, 4.69) is 5.32 Å². The third-order valence-electron chi connectivity index (χ3n) is 4.37. The first-order valence-corrected chi connectivity index (χ1v) is 10.0. The Kier molecular flexibility index (Phi) is 20.8. The smallest absolute Gasteiger partial charge is 0.00369 e. The second-order valence-corrected chi connectivity index (χ2v) is 6.63. The zero-order valence-corrected chi connectivity index (χ0v) is 15.1. The number of rotatable bonds is 19. The van der Waals surface area contributed by atoms with Crippen molar-refractivity contribution in [3.05, 3.63) is 0 Å². The molecule has 3 nitrogen and oxygen atoms in total. The molecule has 0 saturated carbocycles. The number of nitrogens with one attached hydrogen (secondary N) is 1. The van der Waals surface area contributed by atoms with Crippen molar-refractivity contribution in [1.29, 1.82) is 0 Å². The van der Waals surface area contributed by atoms with E-state index in [9.17, 15) is 0 Å². The highest BCUT2D eigenvalue weighted by Gasteiger charge is 1.94. The van der Waals surface area contributed by atoms with E-state index in [4.69, 9.17) is 11.5 Å². The number of unbranched alkanes of at least 4 members (excludes halogenated alkanes) is 13. The summed E-state index contributed by atoms with van der Waals surface area (Å²) in [6.45, 7) is 3.93. The number of hydrogen-bond acceptors (Lipinski definition) is 3. The average Bonchev–Trinajstić information content (AvgIpc) is 2.54. The van der Waals surface area contributed by atoms with Gasteiger partial charge in [-0.15, -0.1) is 0 Å². The summed E-state index contributed by atoms with van der Waals surface area (Å²) in [5.74, 6) is 0. The molecule has 0 aliphatic heterocycles.